The van der Waals surface area contributed by atoms with E-state index in [4.69, 9.17) is 0 Å². The van der Waals surface area contributed by atoms with Gasteiger partial charge in [-0.05, 0) is 42.5 Å². The lowest BCUT2D eigenvalue weighted by Crippen LogP contribution is -2.39. The van der Waals surface area contributed by atoms with Crippen molar-refractivity contribution >= 4 is 27.6 Å². The summed E-state index contributed by atoms with van der Waals surface area (Å²) in [4.78, 5) is 24.5. The Bertz CT molecular complexity index is 813. The quantitative estimate of drug-likeness (QED) is 0.791. The van der Waals surface area contributed by atoms with Gasteiger partial charge in [0.15, 0.2) is 0 Å². The second kappa shape index (κ2) is 7.59. The summed E-state index contributed by atoms with van der Waals surface area (Å²) >= 11 is 0. The summed E-state index contributed by atoms with van der Waals surface area (Å²) in [5, 5.41) is 2.90. The molecule has 0 bridgehead atoms. The first-order valence-corrected chi connectivity index (χ1v) is 11.0. The van der Waals surface area contributed by atoms with Gasteiger partial charge in [-0.25, -0.2) is 17.5 Å². The molecule has 1 aliphatic heterocycles. The Morgan fingerprint density at radius 1 is 1.15 bits per heavy atom. The van der Waals surface area contributed by atoms with E-state index in [0.29, 0.717) is 17.8 Å². The molecule has 2 fully saturated rings. The van der Waals surface area contributed by atoms with Gasteiger partial charge in [-0.2, -0.15) is 0 Å². The van der Waals surface area contributed by atoms with E-state index in [1.54, 1.807) is 24.3 Å². The Morgan fingerprint density at radius 2 is 1.78 bits per heavy atom. The molecule has 3 rings (SSSR count). The van der Waals surface area contributed by atoms with Crippen LogP contribution in [0, 0.1) is 11.3 Å². The highest BCUT2D eigenvalue weighted by atomic mass is 32.2. The molecule has 1 atom stereocenters. The molecule has 1 amide bonds. The second-order valence-corrected chi connectivity index (χ2v) is 9.57. The fraction of sp³-hybridized carbons (Fsp3) is 0.579. The first-order valence-electron chi connectivity index (χ1n) is 9.19. The standard InChI is InChI=1S/C19H26N2O5S/c1-26-18(23)14-6-8-15(9-7-14)20-17(22)16-12-21(27(2,24)25)13-19(16)10-4-3-5-11-19/h6-9,16H,3-5,10-13H2,1-2H3,(H,20,22). The van der Waals surface area contributed by atoms with E-state index in [0.717, 1.165) is 32.1 Å². The van der Waals surface area contributed by atoms with Crippen molar-refractivity contribution in [2.45, 2.75) is 32.1 Å². The van der Waals surface area contributed by atoms with E-state index in [9.17, 15) is 18.0 Å². The Hall–Kier alpha value is -1.93. The average molecular weight is 394 g/mol. The van der Waals surface area contributed by atoms with Crippen molar-refractivity contribution in [1.29, 1.82) is 0 Å². The summed E-state index contributed by atoms with van der Waals surface area (Å²) in [6.45, 7) is 0.649. The van der Waals surface area contributed by atoms with Gasteiger partial charge in [0.2, 0.25) is 15.9 Å². The summed E-state index contributed by atoms with van der Waals surface area (Å²) in [6, 6.07) is 6.49. The lowest BCUT2D eigenvalue weighted by molar-refractivity contribution is -0.123. The third-order valence-corrected chi connectivity index (χ3v) is 7.04. The van der Waals surface area contributed by atoms with Crippen LogP contribution in [0.1, 0.15) is 42.5 Å². The lowest BCUT2D eigenvalue weighted by Gasteiger charge is -2.37. The summed E-state index contributed by atoms with van der Waals surface area (Å²) in [5.74, 6) is -0.963. The number of ether oxygens (including phenoxy) is 1. The van der Waals surface area contributed by atoms with Gasteiger partial charge < -0.3 is 10.1 Å². The first kappa shape index (κ1) is 19.8. The van der Waals surface area contributed by atoms with E-state index >= 15 is 0 Å². The SMILES string of the molecule is COC(=O)c1ccc(NC(=O)C2CN(S(C)(=O)=O)CC23CCCCC3)cc1. The van der Waals surface area contributed by atoms with Gasteiger partial charge in [-0.15, -0.1) is 0 Å². The number of benzene rings is 1. The summed E-state index contributed by atoms with van der Waals surface area (Å²) in [6.07, 6.45) is 6.13. The van der Waals surface area contributed by atoms with Crippen molar-refractivity contribution < 1.29 is 22.7 Å². The number of anilines is 1. The average Bonchev–Trinajstić information content (AvgIpc) is 3.01. The number of esters is 1. The van der Waals surface area contributed by atoms with Crippen LogP contribution < -0.4 is 5.32 Å². The molecule has 1 spiro atoms. The molecule has 1 N–H and O–H groups in total. The summed E-state index contributed by atoms with van der Waals surface area (Å²) in [5.41, 5.74) is 0.706. The van der Waals surface area contributed by atoms with Crippen LogP contribution in [0.25, 0.3) is 0 Å². The molecule has 8 heteroatoms. The Labute approximate surface area is 160 Å². The van der Waals surface area contributed by atoms with Gasteiger partial charge in [0.1, 0.15) is 0 Å². The summed E-state index contributed by atoms with van der Waals surface area (Å²) in [7, 11) is -2.02. The van der Waals surface area contributed by atoms with Crippen LogP contribution in [0.15, 0.2) is 24.3 Å². The van der Waals surface area contributed by atoms with Crippen molar-refractivity contribution in [1.82, 2.24) is 4.31 Å². The third kappa shape index (κ3) is 4.16. The van der Waals surface area contributed by atoms with Crippen molar-refractivity contribution in [3.63, 3.8) is 0 Å². The van der Waals surface area contributed by atoms with Crippen LogP contribution in [0.5, 0.6) is 0 Å². The molecule has 1 saturated carbocycles. The van der Waals surface area contributed by atoms with Gasteiger partial charge in [0.25, 0.3) is 0 Å². The molecular formula is C19H26N2O5S. The molecule has 148 valence electrons. The van der Waals surface area contributed by atoms with E-state index < -0.39 is 16.0 Å². The number of methoxy groups -OCH3 is 1. The predicted molar refractivity (Wildman–Crippen MR) is 102 cm³/mol. The first-order chi connectivity index (χ1) is 12.7. The monoisotopic (exact) mass is 394 g/mol. The molecule has 2 aliphatic rings. The van der Waals surface area contributed by atoms with Gasteiger partial charge in [0, 0.05) is 18.8 Å². The maximum atomic E-state index is 13.0. The molecule has 1 unspecified atom stereocenters. The number of hydrogen-bond donors (Lipinski definition) is 1. The molecule has 1 saturated heterocycles. The van der Waals surface area contributed by atoms with Gasteiger partial charge >= 0.3 is 5.97 Å². The van der Waals surface area contributed by atoms with Crippen LogP contribution in [-0.2, 0) is 19.6 Å². The Morgan fingerprint density at radius 3 is 2.33 bits per heavy atom. The highest BCUT2D eigenvalue weighted by Gasteiger charge is 2.52. The van der Waals surface area contributed by atoms with Crippen molar-refractivity contribution in [3.05, 3.63) is 29.8 Å². The minimum absolute atomic E-state index is 0.158. The normalized spacial score (nSPS) is 22.5. The zero-order valence-electron chi connectivity index (χ0n) is 15.7. The van der Waals surface area contributed by atoms with Gasteiger partial charge in [0.05, 0.1) is 24.8 Å². The lowest BCUT2D eigenvalue weighted by atomic mass is 9.67. The van der Waals surface area contributed by atoms with E-state index in [1.165, 1.54) is 17.7 Å². The Kier molecular flexibility index (Phi) is 5.58. The van der Waals surface area contributed by atoms with Gasteiger partial charge in [-0.1, -0.05) is 19.3 Å². The number of nitrogens with one attached hydrogen (secondary N) is 1. The number of carbonyl (C=O) groups is 2. The fourth-order valence-corrected chi connectivity index (χ4v) is 5.25. The zero-order valence-corrected chi connectivity index (χ0v) is 16.5. The van der Waals surface area contributed by atoms with Crippen LogP contribution in [0.4, 0.5) is 5.69 Å². The van der Waals surface area contributed by atoms with E-state index in [1.807, 2.05) is 0 Å². The van der Waals surface area contributed by atoms with E-state index in [2.05, 4.69) is 10.1 Å². The maximum Gasteiger partial charge on any atom is 0.337 e. The number of carbonyl (C=O) groups excluding carboxylic acids is 2. The number of sulfonamides is 1. The largest absolute Gasteiger partial charge is 0.465 e. The van der Waals surface area contributed by atoms with Crippen LogP contribution in [0.3, 0.4) is 0 Å². The summed E-state index contributed by atoms with van der Waals surface area (Å²) < 4.78 is 30.2. The molecule has 1 aromatic rings. The Balaban J connectivity index is 1.78. The smallest absolute Gasteiger partial charge is 0.337 e. The molecule has 1 aliphatic carbocycles. The molecule has 7 nitrogen and oxygen atoms in total. The van der Waals surface area contributed by atoms with Crippen LogP contribution in [0.2, 0.25) is 0 Å². The number of hydrogen-bond acceptors (Lipinski definition) is 5. The van der Waals surface area contributed by atoms with Crippen molar-refractivity contribution in [3.8, 4) is 0 Å². The fourth-order valence-electron chi connectivity index (χ4n) is 4.34. The molecule has 27 heavy (non-hydrogen) atoms. The minimum atomic E-state index is -3.33. The zero-order chi connectivity index (χ0) is 19.7. The predicted octanol–water partition coefficient (Wildman–Crippen LogP) is 2.25. The molecular weight excluding hydrogens is 368 g/mol. The highest BCUT2D eigenvalue weighted by molar-refractivity contribution is 7.88. The molecule has 0 aromatic heterocycles. The van der Waals surface area contributed by atoms with E-state index in [-0.39, 0.29) is 23.8 Å². The topological polar surface area (TPSA) is 92.8 Å². The molecule has 0 radical (unpaired) electrons. The third-order valence-electron chi connectivity index (χ3n) is 5.83. The maximum absolute atomic E-state index is 13.0. The highest BCUT2D eigenvalue weighted by Crippen LogP contribution is 2.48. The second-order valence-electron chi connectivity index (χ2n) is 7.59. The minimum Gasteiger partial charge on any atom is -0.465 e. The van der Waals surface area contributed by atoms with Crippen LogP contribution in [-0.4, -0.2) is 51.1 Å². The number of amides is 1. The number of nitrogens with zero attached hydrogens (tertiary/aromatic N) is 1. The van der Waals surface area contributed by atoms with Gasteiger partial charge in [-0.3, -0.25) is 4.79 Å². The molecule has 1 aromatic carbocycles. The van der Waals surface area contributed by atoms with Crippen LogP contribution >= 0.6 is 0 Å². The molecule has 1 heterocycles. The van der Waals surface area contributed by atoms with Crippen molar-refractivity contribution in [2.24, 2.45) is 11.3 Å². The number of rotatable bonds is 4. The van der Waals surface area contributed by atoms with Crippen molar-refractivity contribution in [2.75, 3.05) is 31.8 Å².